The normalized spacial score (nSPS) is 10.3. The molecule has 3 aromatic rings. The van der Waals surface area contributed by atoms with Crippen molar-refractivity contribution >= 4 is 0 Å². The number of rotatable bonds is 2. The van der Waals surface area contributed by atoms with Crippen LogP contribution in [-0.2, 0) is 0 Å². The average Bonchev–Trinajstić information content (AvgIpc) is 2.49. The van der Waals surface area contributed by atoms with Gasteiger partial charge < -0.3 is 5.11 Å². The van der Waals surface area contributed by atoms with Crippen LogP contribution in [-0.4, -0.2) is 10.1 Å². The van der Waals surface area contributed by atoms with Crippen molar-refractivity contribution in [1.29, 1.82) is 0 Å². The lowest BCUT2D eigenvalue weighted by atomic mass is 10.1. The van der Waals surface area contributed by atoms with Crippen molar-refractivity contribution in [2.24, 2.45) is 0 Å². The number of aromatic hydroxyl groups is 1. The molecule has 19 heavy (non-hydrogen) atoms. The molecular weight excluding hydrogens is 234 g/mol. The molecule has 3 rings (SSSR count). The predicted molar refractivity (Wildman–Crippen MR) is 76.8 cm³/mol. The second-order valence-electron chi connectivity index (χ2n) is 4.35. The molecule has 1 heterocycles. The third kappa shape index (κ3) is 2.47. The Labute approximate surface area is 112 Å². The molecule has 0 aliphatic heterocycles. The van der Waals surface area contributed by atoms with Crippen LogP contribution in [0.3, 0.4) is 0 Å². The van der Waals surface area contributed by atoms with Gasteiger partial charge in [0.2, 0.25) is 0 Å². The summed E-state index contributed by atoms with van der Waals surface area (Å²) in [5.74, 6) is 0.276. The maximum atomic E-state index is 9.28. The summed E-state index contributed by atoms with van der Waals surface area (Å²) in [4.78, 5) is 4.49. The summed E-state index contributed by atoms with van der Waals surface area (Å²) < 4.78 is 0. The van der Waals surface area contributed by atoms with Gasteiger partial charge in [0.1, 0.15) is 5.75 Å². The number of pyridine rings is 1. The molecule has 92 valence electrons. The van der Waals surface area contributed by atoms with E-state index >= 15 is 0 Å². The van der Waals surface area contributed by atoms with E-state index in [9.17, 15) is 5.11 Å². The van der Waals surface area contributed by atoms with Gasteiger partial charge in [0.15, 0.2) is 0 Å². The topological polar surface area (TPSA) is 33.1 Å². The number of hydrogen-bond acceptors (Lipinski definition) is 2. The molecule has 2 aromatic carbocycles. The second kappa shape index (κ2) is 4.94. The first kappa shape index (κ1) is 11.5. The molecule has 0 radical (unpaired) electrons. The van der Waals surface area contributed by atoms with Crippen LogP contribution in [0.25, 0.3) is 22.4 Å². The minimum absolute atomic E-state index is 0.276. The smallest absolute Gasteiger partial charge is 0.115 e. The Morgan fingerprint density at radius 2 is 1.32 bits per heavy atom. The molecule has 2 nitrogen and oxygen atoms in total. The van der Waals surface area contributed by atoms with E-state index < -0.39 is 0 Å². The van der Waals surface area contributed by atoms with Gasteiger partial charge in [-0.3, -0.25) is 4.98 Å². The molecule has 0 aliphatic rings. The fourth-order valence-corrected chi connectivity index (χ4v) is 2.00. The number of nitrogens with zero attached hydrogens (tertiary/aromatic N) is 1. The minimum atomic E-state index is 0.276. The molecule has 0 unspecified atom stereocenters. The van der Waals surface area contributed by atoms with Crippen molar-refractivity contribution in [3.8, 4) is 28.1 Å². The van der Waals surface area contributed by atoms with Gasteiger partial charge in [-0.05, 0) is 23.8 Å². The summed E-state index contributed by atoms with van der Waals surface area (Å²) >= 11 is 0. The van der Waals surface area contributed by atoms with Crippen LogP contribution in [0.5, 0.6) is 5.75 Å². The Morgan fingerprint density at radius 3 is 1.95 bits per heavy atom. The van der Waals surface area contributed by atoms with E-state index in [1.807, 2.05) is 60.8 Å². The van der Waals surface area contributed by atoms with Crippen LogP contribution in [0, 0.1) is 0 Å². The number of phenolic OH excluding ortho intramolecular Hbond substituents is 1. The number of phenols is 1. The Balaban J connectivity index is 1.93. The van der Waals surface area contributed by atoms with E-state index in [0.717, 1.165) is 22.4 Å². The average molecular weight is 247 g/mol. The van der Waals surface area contributed by atoms with Crippen LogP contribution in [0.1, 0.15) is 0 Å². The SMILES string of the molecule is Oc1ccc(-c2ccc(-c3ccccc3)nc2)cc1. The predicted octanol–water partition coefficient (Wildman–Crippen LogP) is 4.12. The molecule has 2 heteroatoms. The van der Waals surface area contributed by atoms with Crippen LogP contribution < -0.4 is 0 Å². The summed E-state index contributed by atoms with van der Waals surface area (Å²) in [6, 6.07) is 21.3. The number of aromatic nitrogens is 1. The zero-order valence-electron chi connectivity index (χ0n) is 10.3. The summed E-state index contributed by atoms with van der Waals surface area (Å²) in [6.45, 7) is 0. The van der Waals surface area contributed by atoms with Gasteiger partial charge in [0.25, 0.3) is 0 Å². The zero-order valence-corrected chi connectivity index (χ0v) is 10.3. The molecule has 0 bridgehead atoms. The van der Waals surface area contributed by atoms with Gasteiger partial charge in [-0.1, -0.05) is 48.5 Å². The molecule has 1 N–H and O–H groups in total. The highest BCUT2D eigenvalue weighted by Gasteiger charge is 2.01. The van der Waals surface area contributed by atoms with E-state index in [0.29, 0.717) is 0 Å². The highest BCUT2D eigenvalue weighted by atomic mass is 16.3. The molecule has 0 aliphatic carbocycles. The first-order chi connectivity index (χ1) is 9.33. The molecule has 0 amide bonds. The van der Waals surface area contributed by atoms with Gasteiger partial charge in [-0.2, -0.15) is 0 Å². The lowest BCUT2D eigenvalue weighted by Gasteiger charge is -2.04. The standard InChI is InChI=1S/C17H13NO/c19-16-9-6-13(7-10-16)15-8-11-17(18-12-15)14-4-2-1-3-5-14/h1-12,19H. The Morgan fingerprint density at radius 1 is 0.632 bits per heavy atom. The molecule has 0 spiro atoms. The number of benzene rings is 2. The molecule has 1 aromatic heterocycles. The van der Waals surface area contributed by atoms with Gasteiger partial charge in [0, 0.05) is 17.3 Å². The molecule has 0 saturated heterocycles. The summed E-state index contributed by atoms with van der Waals surface area (Å²) in [6.07, 6.45) is 1.86. The highest BCUT2D eigenvalue weighted by Crippen LogP contribution is 2.23. The summed E-state index contributed by atoms with van der Waals surface area (Å²) in [5, 5.41) is 9.28. The monoisotopic (exact) mass is 247 g/mol. The van der Waals surface area contributed by atoms with Crippen molar-refractivity contribution in [3.63, 3.8) is 0 Å². The Hall–Kier alpha value is -2.61. The minimum Gasteiger partial charge on any atom is -0.508 e. The lowest BCUT2D eigenvalue weighted by molar-refractivity contribution is 0.475. The molecule has 0 fully saturated rings. The molecule has 0 saturated carbocycles. The lowest BCUT2D eigenvalue weighted by Crippen LogP contribution is -1.84. The van der Waals surface area contributed by atoms with Crippen molar-refractivity contribution < 1.29 is 5.11 Å². The first-order valence-electron chi connectivity index (χ1n) is 6.14. The van der Waals surface area contributed by atoms with Crippen LogP contribution >= 0.6 is 0 Å². The zero-order chi connectivity index (χ0) is 13.1. The van der Waals surface area contributed by atoms with E-state index in [-0.39, 0.29) is 5.75 Å². The van der Waals surface area contributed by atoms with Crippen molar-refractivity contribution in [1.82, 2.24) is 4.98 Å². The van der Waals surface area contributed by atoms with Gasteiger partial charge in [-0.15, -0.1) is 0 Å². The largest absolute Gasteiger partial charge is 0.508 e. The second-order valence-corrected chi connectivity index (χ2v) is 4.35. The van der Waals surface area contributed by atoms with Crippen LogP contribution in [0.15, 0.2) is 72.9 Å². The van der Waals surface area contributed by atoms with Gasteiger partial charge >= 0.3 is 0 Å². The fraction of sp³-hybridized carbons (Fsp3) is 0. The van der Waals surface area contributed by atoms with Crippen LogP contribution in [0.2, 0.25) is 0 Å². The first-order valence-corrected chi connectivity index (χ1v) is 6.14. The molecular formula is C17H13NO. The fourth-order valence-electron chi connectivity index (χ4n) is 2.00. The Kier molecular flexibility index (Phi) is 2.99. The van der Waals surface area contributed by atoms with Crippen molar-refractivity contribution in [3.05, 3.63) is 72.9 Å². The van der Waals surface area contributed by atoms with Gasteiger partial charge in [-0.25, -0.2) is 0 Å². The van der Waals surface area contributed by atoms with E-state index in [2.05, 4.69) is 4.98 Å². The summed E-state index contributed by atoms with van der Waals surface area (Å²) in [5.41, 5.74) is 4.16. The quantitative estimate of drug-likeness (QED) is 0.738. The van der Waals surface area contributed by atoms with Crippen molar-refractivity contribution in [2.45, 2.75) is 0 Å². The number of hydrogen-bond donors (Lipinski definition) is 1. The van der Waals surface area contributed by atoms with E-state index in [4.69, 9.17) is 0 Å². The maximum absolute atomic E-state index is 9.28. The Bertz CT molecular complexity index is 658. The van der Waals surface area contributed by atoms with Crippen molar-refractivity contribution in [2.75, 3.05) is 0 Å². The van der Waals surface area contributed by atoms with Gasteiger partial charge in [0.05, 0.1) is 5.69 Å². The maximum Gasteiger partial charge on any atom is 0.115 e. The molecule has 0 atom stereocenters. The van der Waals surface area contributed by atoms with E-state index in [1.165, 1.54) is 0 Å². The third-order valence-corrected chi connectivity index (χ3v) is 3.03. The third-order valence-electron chi connectivity index (χ3n) is 3.03. The summed E-state index contributed by atoms with van der Waals surface area (Å²) in [7, 11) is 0. The highest BCUT2D eigenvalue weighted by molar-refractivity contribution is 5.67. The van der Waals surface area contributed by atoms with E-state index in [1.54, 1.807) is 12.1 Å². The van der Waals surface area contributed by atoms with Crippen LogP contribution in [0.4, 0.5) is 0 Å².